The van der Waals surface area contributed by atoms with Gasteiger partial charge in [-0.1, -0.05) is 17.7 Å². The molecule has 7 heteroatoms. The number of carbonyl (C=O) groups excluding carboxylic acids is 2. The highest BCUT2D eigenvalue weighted by atomic mass is 35.5. The summed E-state index contributed by atoms with van der Waals surface area (Å²) in [4.78, 5) is 26.2. The van der Waals surface area contributed by atoms with Crippen molar-refractivity contribution in [3.63, 3.8) is 0 Å². The van der Waals surface area contributed by atoms with Gasteiger partial charge in [0.1, 0.15) is 17.6 Å². The van der Waals surface area contributed by atoms with E-state index >= 15 is 0 Å². The molecule has 0 radical (unpaired) electrons. The number of nitrogens with one attached hydrogen (secondary N) is 1. The van der Waals surface area contributed by atoms with Gasteiger partial charge in [0.15, 0.2) is 0 Å². The molecule has 2 aromatic rings. The lowest BCUT2D eigenvalue weighted by molar-refractivity contribution is -0.121. The van der Waals surface area contributed by atoms with Crippen LogP contribution in [0.25, 0.3) is 0 Å². The van der Waals surface area contributed by atoms with Gasteiger partial charge in [-0.3, -0.25) is 9.59 Å². The molecule has 0 aliphatic carbocycles. The van der Waals surface area contributed by atoms with Crippen molar-refractivity contribution in [2.24, 2.45) is 0 Å². The Labute approximate surface area is 149 Å². The standard InChI is InChI=1S/C18H16ClFN2O3/c1-10-6-15(16(25-2)8-13(10)19)22-17(23)9-14(18(22)24)21-12-5-3-4-11(20)7-12/h3-8,14,21H,9H2,1-2H3/t14-/m0/s1. The van der Waals surface area contributed by atoms with E-state index in [9.17, 15) is 14.0 Å². The van der Waals surface area contributed by atoms with E-state index in [0.717, 1.165) is 10.5 Å². The Morgan fingerprint density at radius 3 is 2.72 bits per heavy atom. The summed E-state index contributed by atoms with van der Waals surface area (Å²) < 4.78 is 18.6. The zero-order valence-electron chi connectivity index (χ0n) is 13.7. The number of methoxy groups -OCH3 is 1. The van der Waals surface area contributed by atoms with E-state index in [2.05, 4.69) is 5.32 Å². The van der Waals surface area contributed by atoms with Crippen LogP contribution >= 0.6 is 11.6 Å². The molecule has 5 nitrogen and oxygen atoms in total. The van der Waals surface area contributed by atoms with Crippen LogP contribution in [-0.2, 0) is 9.59 Å². The molecule has 0 unspecified atom stereocenters. The molecule has 1 aliphatic heterocycles. The van der Waals surface area contributed by atoms with Crippen molar-refractivity contribution in [2.45, 2.75) is 19.4 Å². The number of aryl methyl sites for hydroxylation is 1. The average Bonchev–Trinajstić information content (AvgIpc) is 2.83. The number of amides is 2. The van der Waals surface area contributed by atoms with Crippen LogP contribution in [0.15, 0.2) is 36.4 Å². The summed E-state index contributed by atoms with van der Waals surface area (Å²) in [5.74, 6) is -0.870. The number of imide groups is 1. The molecule has 2 amide bonds. The Balaban J connectivity index is 1.91. The first-order valence-electron chi connectivity index (χ1n) is 7.63. The van der Waals surface area contributed by atoms with Crippen molar-refractivity contribution in [1.29, 1.82) is 0 Å². The maximum atomic E-state index is 13.3. The van der Waals surface area contributed by atoms with Gasteiger partial charge in [0.05, 0.1) is 19.2 Å². The predicted molar refractivity (Wildman–Crippen MR) is 93.7 cm³/mol. The van der Waals surface area contributed by atoms with Crippen molar-refractivity contribution in [1.82, 2.24) is 0 Å². The normalized spacial score (nSPS) is 17.1. The fourth-order valence-electron chi connectivity index (χ4n) is 2.76. The Bertz CT molecular complexity index is 856. The minimum atomic E-state index is -0.769. The van der Waals surface area contributed by atoms with Gasteiger partial charge in [-0.05, 0) is 36.8 Å². The molecule has 0 bridgehead atoms. The Morgan fingerprint density at radius 1 is 1.28 bits per heavy atom. The van der Waals surface area contributed by atoms with Gasteiger partial charge >= 0.3 is 0 Å². The van der Waals surface area contributed by atoms with Gasteiger partial charge in [-0.2, -0.15) is 0 Å². The average molecular weight is 363 g/mol. The first-order valence-corrected chi connectivity index (χ1v) is 8.01. The zero-order valence-corrected chi connectivity index (χ0v) is 14.4. The maximum absolute atomic E-state index is 13.3. The van der Waals surface area contributed by atoms with Crippen LogP contribution in [0, 0.1) is 12.7 Å². The Morgan fingerprint density at radius 2 is 2.04 bits per heavy atom. The summed E-state index contributed by atoms with van der Waals surface area (Å²) in [6.07, 6.45) is -0.0276. The Kier molecular flexibility index (Phi) is 4.63. The number of carbonyl (C=O) groups is 2. The number of halogens is 2. The van der Waals surface area contributed by atoms with Gasteiger partial charge in [0.2, 0.25) is 5.91 Å². The summed E-state index contributed by atoms with van der Waals surface area (Å²) in [5.41, 5.74) is 1.51. The number of hydrogen-bond acceptors (Lipinski definition) is 4. The first-order chi connectivity index (χ1) is 11.9. The molecule has 0 saturated carbocycles. The Hall–Kier alpha value is -2.60. The lowest BCUT2D eigenvalue weighted by atomic mass is 10.2. The molecule has 1 N–H and O–H groups in total. The second-order valence-corrected chi connectivity index (χ2v) is 6.16. The number of rotatable bonds is 4. The van der Waals surface area contributed by atoms with E-state index < -0.39 is 17.8 Å². The number of ether oxygens (including phenoxy) is 1. The van der Waals surface area contributed by atoms with Crippen LogP contribution in [0.3, 0.4) is 0 Å². The highest BCUT2D eigenvalue weighted by Crippen LogP contribution is 2.36. The molecule has 2 aromatic carbocycles. The van der Waals surface area contributed by atoms with E-state index in [1.54, 1.807) is 25.1 Å². The second-order valence-electron chi connectivity index (χ2n) is 5.75. The van der Waals surface area contributed by atoms with Crippen molar-refractivity contribution >= 4 is 34.8 Å². The van der Waals surface area contributed by atoms with Crippen molar-refractivity contribution in [2.75, 3.05) is 17.3 Å². The number of anilines is 2. The predicted octanol–water partition coefficient (Wildman–Crippen LogP) is 3.54. The van der Waals surface area contributed by atoms with E-state index in [-0.39, 0.29) is 12.3 Å². The quantitative estimate of drug-likeness (QED) is 0.845. The van der Waals surface area contributed by atoms with Crippen LogP contribution in [0.1, 0.15) is 12.0 Å². The van der Waals surface area contributed by atoms with Crippen LogP contribution in [0.2, 0.25) is 5.02 Å². The molecular formula is C18H16ClFN2O3. The molecule has 1 fully saturated rings. The monoisotopic (exact) mass is 362 g/mol. The highest BCUT2D eigenvalue weighted by molar-refractivity contribution is 6.32. The molecule has 1 aliphatic rings. The summed E-state index contributed by atoms with van der Waals surface area (Å²) in [7, 11) is 1.44. The van der Waals surface area contributed by atoms with Gasteiger partial charge < -0.3 is 10.1 Å². The molecule has 0 spiro atoms. The fourth-order valence-corrected chi connectivity index (χ4v) is 2.92. The number of hydrogen-bond donors (Lipinski definition) is 1. The van der Waals surface area contributed by atoms with Gasteiger partial charge in [-0.25, -0.2) is 9.29 Å². The van der Waals surface area contributed by atoms with Gasteiger partial charge in [0, 0.05) is 16.8 Å². The zero-order chi connectivity index (χ0) is 18.1. The minimum Gasteiger partial charge on any atom is -0.495 e. The second kappa shape index (κ2) is 6.72. The molecule has 1 saturated heterocycles. The molecule has 130 valence electrons. The van der Waals surface area contributed by atoms with Crippen LogP contribution in [0.4, 0.5) is 15.8 Å². The van der Waals surface area contributed by atoms with E-state index in [0.29, 0.717) is 22.1 Å². The van der Waals surface area contributed by atoms with Crippen molar-refractivity contribution in [3.8, 4) is 5.75 Å². The van der Waals surface area contributed by atoms with Crippen LogP contribution in [-0.4, -0.2) is 25.0 Å². The molecule has 1 atom stereocenters. The number of benzene rings is 2. The first kappa shape index (κ1) is 17.2. The van der Waals surface area contributed by atoms with Gasteiger partial charge in [-0.15, -0.1) is 0 Å². The van der Waals surface area contributed by atoms with Crippen LogP contribution in [0.5, 0.6) is 5.75 Å². The topological polar surface area (TPSA) is 58.6 Å². The minimum absolute atomic E-state index is 0.0276. The van der Waals surface area contributed by atoms with Gasteiger partial charge in [0.25, 0.3) is 5.91 Å². The largest absolute Gasteiger partial charge is 0.495 e. The van der Waals surface area contributed by atoms with Crippen molar-refractivity contribution < 1.29 is 18.7 Å². The SMILES string of the molecule is COc1cc(Cl)c(C)cc1N1C(=O)C[C@H](Nc2cccc(F)c2)C1=O. The van der Waals surface area contributed by atoms with E-state index in [4.69, 9.17) is 16.3 Å². The molecule has 1 heterocycles. The van der Waals surface area contributed by atoms with E-state index in [1.807, 2.05) is 0 Å². The fraction of sp³-hybridized carbons (Fsp3) is 0.222. The summed E-state index contributed by atoms with van der Waals surface area (Å²) in [6, 6.07) is 8.18. The lowest BCUT2D eigenvalue weighted by Crippen LogP contribution is -2.35. The summed E-state index contributed by atoms with van der Waals surface area (Å²) in [5, 5.41) is 3.39. The lowest BCUT2D eigenvalue weighted by Gasteiger charge is -2.19. The third-order valence-electron chi connectivity index (χ3n) is 4.01. The molecule has 25 heavy (non-hydrogen) atoms. The third kappa shape index (κ3) is 3.30. The molecular weight excluding hydrogens is 347 g/mol. The third-order valence-corrected chi connectivity index (χ3v) is 4.42. The summed E-state index contributed by atoms with van der Waals surface area (Å²) in [6.45, 7) is 1.78. The van der Waals surface area contributed by atoms with Crippen LogP contribution < -0.4 is 15.0 Å². The highest BCUT2D eigenvalue weighted by Gasteiger charge is 2.41. The summed E-state index contributed by atoms with van der Waals surface area (Å²) >= 11 is 6.08. The van der Waals surface area contributed by atoms with E-state index in [1.165, 1.54) is 25.3 Å². The molecule has 0 aromatic heterocycles. The molecule has 3 rings (SSSR count). The number of nitrogens with zero attached hydrogens (tertiary/aromatic N) is 1. The maximum Gasteiger partial charge on any atom is 0.256 e. The van der Waals surface area contributed by atoms with Crippen molar-refractivity contribution in [3.05, 3.63) is 52.8 Å². The smallest absolute Gasteiger partial charge is 0.256 e.